The van der Waals surface area contributed by atoms with E-state index in [1.165, 1.54) is 0 Å². The first kappa shape index (κ1) is 10.3. The average molecular weight is 242 g/mol. The van der Waals surface area contributed by atoms with E-state index in [1.54, 1.807) is 0 Å². The van der Waals surface area contributed by atoms with E-state index in [2.05, 4.69) is 21.2 Å². The molecule has 0 radical (unpaired) electrons. The van der Waals surface area contributed by atoms with Gasteiger partial charge in [0.05, 0.1) is 5.69 Å². The topological polar surface area (TPSA) is 29.1 Å². The second-order valence-corrected chi connectivity index (χ2v) is 3.63. The van der Waals surface area contributed by atoms with Crippen LogP contribution in [0.15, 0.2) is 28.7 Å². The minimum atomic E-state index is 0.0643. The third-order valence-electron chi connectivity index (χ3n) is 1.63. The summed E-state index contributed by atoms with van der Waals surface area (Å²) >= 11 is 3.36. The van der Waals surface area contributed by atoms with Gasteiger partial charge in [-0.15, -0.1) is 0 Å². The van der Waals surface area contributed by atoms with Gasteiger partial charge in [-0.3, -0.25) is 4.79 Å². The third-order valence-corrected chi connectivity index (χ3v) is 2.32. The number of anilines is 1. The van der Waals surface area contributed by atoms with Gasteiger partial charge in [-0.05, 0) is 34.5 Å². The summed E-state index contributed by atoms with van der Waals surface area (Å²) < 4.78 is 0.916. The molecule has 2 nitrogen and oxygen atoms in total. The number of hydrogen-bond donors (Lipinski definition) is 1. The van der Waals surface area contributed by atoms with E-state index in [9.17, 15) is 4.79 Å². The number of amides is 1. The van der Waals surface area contributed by atoms with E-state index >= 15 is 0 Å². The highest BCUT2D eigenvalue weighted by atomic mass is 79.9. The number of carbonyl (C=O) groups excluding carboxylic acids is 1. The van der Waals surface area contributed by atoms with Gasteiger partial charge in [0, 0.05) is 10.9 Å². The van der Waals surface area contributed by atoms with Crippen LogP contribution in [0.4, 0.5) is 5.69 Å². The van der Waals surface area contributed by atoms with Crippen molar-refractivity contribution >= 4 is 27.5 Å². The van der Waals surface area contributed by atoms with Crippen LogP contribution < -0.4 is 5.32 Å². The van der Waals surface area contributed by atoms with Crippen LogP contribution >= 0.6 is 15.9 Å². The Kier molecular flexibility index (Phi) is 3.96. The SMILES string of the molecule is CCCC(=O)Nc1ccccc1Br. The van der Waals surface area contributed by atoms with Crippen molar-refractivity contribution in [3.05, 3.63) is 28.7 Å². The van der Waals surface area contributed by atoms with Crippen LogP contribution in [0, 0.1) is 0 Å². The molecule has 0 spiro atoms. The quantitative estimate of drug-likeness (QED) is 0.866. The summed E-state index contributed by atoms with van der Waals surface area (Å²) in [5.41, 5.74) is 0.834. The number of rotatable bonds is 3. The predicted molar refractivity (Wildman–Crippen MR) is 57.7 cm³/mol. The van der Waals surface area contributed by atoms with Crippen molar-refractivity contribution in [2.24, 2.45) is 0 Å². The van der Waals surface area contributed by atoms with Gasteiger partial charge >= 0.3 is 0 Å². The average Bonchev–Trinajstić information content (AvgIpc) is 2.09. The fraction of sp³-hybridized carbons (Fsp3) is 0.300. The Balaban J connectivity index is 2.63. The molecule has 0 aliphatic heterocycles. The number of carbonyl (C=O) groups is 1. The Morgan fingerprint density at radius 2 is 2.15 bits per heavy atom. The van der Waals surface area contributed by atoms with Crippen LogP contribution in [-0.4, -0.2) is 5.91 Å². The lowest BCUT2D eigenvalue weighted by Crippen LogP contribution is -2.10. The molecule has 0 heterocycles. The lowest BCUT2D eigenvalue weighted by Gasteiger charge is -2.05. The molecule has 0 unspecified atom stereocenters. The van der Waals surface area contributed by atoms with E-state index in [0.29, 0.717) is 6.42 Å². The highest BCUT2D eigenvalue weighted by molar-refractivity contribution is 9.10. The number of halogens is 1. The molecule has 13 heavy (non-hydrogen) atoms. The van der Waals surface area contributed by atoms with Crippen molar-refractivity contribution in [3.8, 4) is 0 Å². The molecular weight excluding hydrogens is 230 g/mol. The van der Waals surface area contributed by atoms with E-state index in [4.69, 9.17) is 0 Å². The Labute approximate surface area is 86.5 Å². The predicted octanol–water partition coefficient (Wildman–Crippen LogP) is 3.19. The second-order valence-electron chi connectivity index (χ2n) is 2.78. The zero-order valence-electron chi connectivity index (χ0n) is 7.51. The van der Waals surface area contributed by atoms with Gasteiger partial charge in [-0.25, -0.2) is 0 Å². The molecule has 0 saturated heterocycles. The zero-order chi connectivity index (χ0) is 9.68. The number of para-hydroxylation sites is 1. The summed E-state index contributed by atoms with van der Waals surface area (Å²) in [6.45, 7) is 1.99. The van der Waals surface area contributed by atoms with Crippen LogP contribution in [0.2, 0.25) is 0 Å². The largest absolute Gasteiger partial charge is 0.325 e. The van der Waals surface area contributed by atoms with Gasteiger partial charge in [0.2, 0.25) is 5.91 Å². The van der Waals surface area contributed by atoms with Crippen molar-refractivity contribution in [1.82, 2.24) is 0 Å². The minimum absolute atomic E-state index is 0.0643. The first-order chi connectivity index (χ1) is 6.24. The van der Waals surface area contributed by atoms with Gasteiger partial charge in [0.1, 0.15) is 0 Å². The molecule has 1 amide bonds. The zero-order valence-corrected chi connectivity index (χ0v) is 9.10. The lowest BCUT2D eigenvalue weighted by molar-refractivity contribution is -0.116. The first-order valence-corrected chi connectivity index (χ1v) is 5.07. The summed E-state index contributed by atoms with van der Waals surface area (Å²) in [7, 11) is 0. The van der Waals surface area contributed by atoms with Crippen molar-refractivity contribution in [2.75, 3.05) is 5.32 Å². The molecule has 0 bridgehead atoms. The molecule has 1 aromatic rings. The van der Waals surface area contributed by atoms with Gasteiger partial charge < -0.3 is 5.32 Å². The highest BCUT2D eigenvalue weighted by Gasteiger charge is 2.02. The van der Waals surface area contributed by atoms with E-state index < -0.39 is 0 Å². The molecule has 1 aromatic carbocycles. The summed E-state index contributed by atoms with van der Waals surface area (Å²) in [6, 6.07) is 7.59. The van der Waals surface area contributed by atoms with Crippen molar-refractivity contribution in [3.63, 3.8) is 0 Å². The van der Waals surface area contributed by atoms with Crippen LogP contribution in [-0.2, 0) is 4.79 Å². The maximum Gasteiger partial charge on any atom is 0.224 e. The van der Waals surface area contributed by atoms with Gasteiger partial charge in [-0.1, -0.05) is 19.1 Å². The van der Waals surface area contributed by atoms with Crippen molar-refractivity contribution < 1.29 is 4.79 Å². The Morgan fingerprint density at radius 3 is 2.77 bits per heavy atom. The molecule has 70 valence electrons. The maximum absolute atomic E-state index is 11.2. The van der Waals surface area contributed by atoms with Gasteiger partial charge in [0.15, 0.2) is 0 Å². The van der Waals surface area contributed by atoms with Crippen molar-refractivity contribution in [2.45, 2.75) is 19.8 Å². The summed E-state index contributed by atoms with van der Waals surface area (Å²) in [4.78, 5) is 11.2. The molecule has 0 aromatic heterocycles. The molecule has 1 N–H and O–H groups in total. The highest BCUT2D eigenvalue weighted by Crippen LogP contribution is 2.21. The Morgan fingerprint density at radius 1 is 1.46 bits per heavy atom. The maximum atomic E-state index is 11.2. The van der Waals surface area contributed by atoms with Gasteiger partial charge in [0.25, 0.3) is 0 Å². The number of hydrogen-bond acceptors (Lipinski definition) is 1. The summed E-state index contributed by atoms with van der Waals surface area (Å²) in [6.07, 6.45) is 1.44. The van der Waals surface area contributed by atoms with E-state index in [1.807, 2.05) is 31.2 Å². The molecule has 0 saturated carbocycles. The van der Waals surface area contributed by atoms with Crippen LogP contribution in [0.25, 0.3) is 0 Å². The van der Waals surface area contributed by atoms with Crippen LogP contribution in [0.3, 0.4) is 0 Å². The van der Waals surface area contributed by atoms with Crippen LogP contribution in [0.5, 0.6) is 0 Å². The monoisotopic (exact) mass is 241 g/mol. The first-order valence-electron chi connectivity index (χ1n) is 4.28. The van der Waals surface area contributed by atoms with Crippen molar-refractivity contribution in [1.29, 1.82) is 0 Å². The molecule has 0 aliphatic rings. The lowest BCUT2D eigenvalue weighted by atomic mass is 10.3. The number of nitrogens with one attached hydrogen (secondary N) is 1. The van der Waals surface area contributed by atoms with E-state index in [-0.39, 0.29) is 5.91 Å². The molecule has 0 fully saturated rings. The molecule has 0 atom stereocenters. The number of benzene rings is 1. The molecular formula is C10H12BrNO. The molecule has 3 heteroatoms. The van der Waals surface area contributed by atoms with Gasteiger partial charge in [-0.2, -0.15) is 0 Å². The normalized spacial score (nSPS) is 9.69. The minimum Gasteiger partial charge on any atom is -0.325 e. The van der Waals surface area contributed by atoms with Crippen LogP contribution in [0.1, 0.15) is 19.8 Å². The fourth-order valence-electron chi connectivity index (χ4n) is 1.00. The fourth-order valence-corrected chi connectivity index (χ4v) is 1.39. The Hall–Kier alpha value is -0.830. The summed E-state index contributed by atoms with van der Waals surface area (Å²) in [5, 5.41) is 2.83. The standard InChI is InChI=1S/C10H12BrNO/c1-2-5-10(13)12-9-7-4-3-6-8(9)11/h3-4,6-7H,2,5H2,1H3,(H,12,13). The third kappa shape index (κ3) is 3.19. The molecule has 0 aliphatic carbocycles. The smallest absolute Gasteiger partial charge is 0.224 e. The molecule has 1 rings (SSSR count). The second kappa shape index (κ2) is 5.02. The summed E-state index contributed by atoms with van der Waals surface area (Å²) in [5.74, 6) is 0.0643. The van der Waals surface area contributed by atoms with E-state index in [0.717, 1.165) is 16.6 Å². The Bertz CT molecular complexity index is 299.